The molecule has 1 N–H and O–H groups in total. The summed E-state index contributed by atoms with van der Waals surface area (Å²) in [7, 11) is 0. The minimum Gasteiger partial charge on any atom is -0.478 e. The Morgan fingerprint density at radius 1 is 1.22 bits per heavy atom. The molecule has 1 saturated heterocycles. The summed E-state index contributed by atoms with van der Waals surface area (Å²) < 4.78 is 10.6. The van der Waals surface area contributed by atoms with Gasteiger partial charge >= 0.3 is 11.9 Å². The standard InChI is InChI=1S/C17H29NO5/c1-13(2)14(3)23-17(21)15(12-16(19)20)6-4-5-7-18-8-10-22-11-9-18/h12-14H,4-11H2,1-3H3,(H,19,20)/b15-12+. The topological polar surface area (TPSA) is 76.1 Å². The van der Waals surface area contributed by atoms with Crippen LogP contribution in [-0.2, 0) is 19.1 Å². The average Bonchev–Trinajstić information content (AvgIpc) is 2.50. The molecule has 1 fully saturated rings. The Morgan fingerprint density at radius 2 is 1.87 bits per heavy atom. The van der Waals surface area contributed by atoms with Gasteiger partial charge in [-0.1, -0.05) is 13.8 Å². The highest BCUT2D eigenvalue weighted by atomic mass is 16.5. The number of carboxylic acid groups (broad SMARTS) is 1. The number of esters is 1. The highest BCUT2D eigenvalue weighted by Gasteiger charge is 2.18. The van der Waals surface area contributed by atoms with Crippen molar-refractivity contribution in [2.75, 3.05) is 32.8 Å². The number of rotatable bonds is 9. The van der Waals surface area contributed by atoms with E-state index >= 15 is 0 Å². The number of hydrogen-bond donors (Lipinski definition) is 1. The van der Waals surface area contributed by atoms with Crippen molar-refractivity contribution < 1.29 is 24.2 Å². The number of aliphatic carboxylic acids is 1. The second kappa shape index (κ2) is 10.4. The smallest absolute Gasteiger partial charge is 0.334 e. The molecule has 0 aromatic carbocycles. The summed E-state index contributed by atoms with van der Waals surface area (Å²) in [5.41, 5.74) is 0.243. The Kier molecular flexibility index (Phi) is 8.87. The number of carbonyl (C=O) groups is 2. The second-order valence-electron chi connectivity index (χ2n) is 6.27. The van der Waals surface area contributed by atoms with Gasteiger partial charge in [-0.25, -0.2) is 9.59 Å². The van der Waals surface area contributed by atoms with Crippen LogP contribution in [0.3, 0.4) is 0 Å². The van der Waals surface area contributed by atoms with Gasteiger partial charge in [0, 0.05) is 24.7 Å². The van der Waals surface area contributed by atoms with Crippen molar-refractivity contribution in [3.63, 3.8) is 0 Å². The third-order valence-corrected chi connectivity index (χ3v) is 4.07. The van der Waals surface area contributed by atoms with Crippen LogP contribution in [0.5, 0.6) is 0 Å². The summed E-state index contributed by atoms with van der Waals surface area (Å²) in [6, 6.07) is 0. The molecule has 1 unspecified atom stereocenters. The molecule has 0 aromatic heterocycles. The van der Waals surface area contributed by atoms with Gasteiger partial charge in [0.05, 0.1) is 13.2 Å². The third-order valence-electron chi connectivity index (χ3n) is 4.07. The third kappa shape index (κ3) is 8.13. The Labute approximate surface area is 138 Å². The van der Waals surface area contributed by atoms with Gasteiger partial charge in [-0.05, 0) is 38.6 Å². The number of ether oxygens (including phenoxy) is 2. The zero-order valence-electron chi connectivity index (χ0n) is 14.4. The highest BCUT2D eigenvalue weighted by Crippen LogP contribution is 2.14. The van der Waals surface area contributed by atoms with E-state index in [1.807, 2.05) is 20.8 Å². The molecular formula is C17H29NO5. The maximum absolute atomic E-state index is 12.1. The SMILES string of the molecule is CC(C)C(C)OC(=O)/C(=C/C(=O)O)CCCCN1CCOCC1. The molecule has 0 aromatic rings. The van der Waals surface area contributed by atoms with E-state index in [0.717, 1.165) is 51.8 Å². The number of carboxylic acids is 1. The van der Waals surface area contributed by atoms with Crippen LogP contribution in [0.2, 0.25) is 0 Å². The van der Waals surface area contributed by atoms with E-state index in [9.17, 15) is 9.59 Å². The fourth-order valence-electron chi connectivity index (χ4n) is 2.24. The number of carbonyl (C=O) groups excluding carboxylic acids is 1. The first kappa shape index (κ1) is 19.6. The van der Waals surface area contributed by atoms with E-state index < -0.39 is 11.9 Å². The lowest BCUT2D eigenvalue weighted by atomic mass is 10.1. The molecule has 1 atom stereocenters. The average molecular weight is 327 g/mol. The Hall–Kier alpha value is -1.40. The Bertz CT molecular complexity index is 413. The normalized spacial score (nSPS) is 18.0. The Morgan fingerprint density at radius 3 is 2.43 bits per heavy atom. The first-order chi connectivity index (χ1) is 10.9. The number of hydrogen-bond acceptors (Lipinski definition) is 5. The minimum atomic E-state index is -1.11. The highest BCUT2D eigenvalue weighted by molar-refractivity contribution is 5.95. The first-order valence-electron chi connectivity index (χ1n) is 8.34. The lowest BCUT2D eigenvalue weighted by Crippen LogP contribution is -2.36. The van der Waals surface area contributed by atoms with Crippen LogP contribution < -0.4 is 0 Å². The maximum Gasteiger partial charge on any atom is 0.334 e. The molecule has 6 nitrogen and oxygen atoms in total. The number of nitrogens with zero attached hydrogens (tertiary/aromatic N) is 1. The first-order valence-corrected chi connectivity index (χ1v) is 8.34. The molecule has 1 heterocycles. The molecule has 23 heavy (non-hydrogen) atoms. The van der Waals surface area contributed by atoms with Crippen LogP contribution in [0.1, 0.15) is 40.0 Å². The van der Waals surface area contributed by atoms with Crippen LogP contribution in [0.15, 0.2) is 11.6 Å². The van der Waals surface area contributed by atoms with Crippen molar-refractivity contribution in [3.05, 3.63) is 11.6 Å². The predicted octanol–water partition coefficient (Wildman–Crippen LogP) is 2.09. The molecule has 1 rings (SSSR count). The largest absolute Gasteiger partial charge is 0.478 e. The molecule has 6 heteroatoms. The quantitative estimate of drug-likeness (QED) is 0.397. The van der Waals surface area contributed by atoms with Crippen molar-refractivity contribution in [1.82, 2.24) is 4.90 Å². The van der Waals surface area contributed by atoms with E-state index in [1.165, 1.54) is 0 Å². The monoisotopic (exact) mass is 327 g/mol. The molecular weight excluding hydrogens is 298 g/mol. The van der Waals surface area contributed by atoms with Gasteiger partial charge in [0.1, 0.15) is 6.10 Å². The fraction of sp³-hybridized carbons (Fsp3) is 0.765. The number of morpholine rings is 1. The van der Waals surface area contributed by atoms with Gasteiger partial charge in [-0.2, -0.15) is 0 Å². The summed E-state index contributed by atoms with van der Waals surface area (Å²) >= 11 is 0. The molecule has 0 saturated carbocycles. The summed E-state index contributed by atoms with van der Waals surface area (Å²) in [6.07, 6.45) is 2.86. The maximum atomic E-state index is 12.1. The van der Waals surface area contributed by atoms with Crippen molar-refractivity contribution in [3.8, 4) is 0 Å². The van der Waals surface area contributed by atoms with E-state index in [0.29, 0.717) is 6.42 Å². The lowest BCUT2D eigenvalue weighted by Gasteiger charge is -2.26. The van der Waals surface area contributed by atoms with Crippen molar-refractivity contribution >= 4 is 11.9 Å². The summed E-state index contributed by atoms with van der Waals surface area (Å²) in [4.78, 5) is 25.3. The van der Waals surface area contributed by atoms with Gasteiger partial charge in [0.15, 0.2) is 0 Å². The predicted molar refractivity (Wildman–Crippen MR) is 87.2 cm³/mol. The minimum absolute atomic E-state index is 0.200. The van der Waals surface area contributed by atoms with Crippen molar-refractivity contribution in [2.24, 2.45) is 5.92 Å². The molecule has 0 amide bonds. The second-order valence-corrected chi connectivity index (χ2v) is 6.27. The van der Waals surface area contributed by atoms with E-state index in [4.69, 9.17) is 14.6 Å². The zero-order valence-corrected chi connectivity index (χ0v) is 14.4. The van der Waals surface area contributed by atoms with E-state index in [1.54, 1.807) is 0 Å². The zero-order chi connectivity index (χ0) is 17.2. The van der Waals surface area contributed by atoms with Crippen LogP contribution in [0, 0.1) is 5.92 Å². The summed E-state index contributed by atoms with van der Waals surface area (Å²) in [5.74, 6) is -1.42. The molecule has 0 bridgehead atoms. The van der Waals surface area contributed by atoms with Gasteiger partial charge in [-0.15, -0.1) is 0 Å². The van der Waals surface area contributed by atoms with Crippen LogP contribution in [-0.4, -0.2) is 60.9 Å². The molecule has 0 spiro atoms. The van der Waals surface area contributed by atoms with E-state index in [2.05, 4.69) is 4.90 Å². The molecule has 0 radical (unpaired) electrons. The van der Waals surface area contributed by atoms with Crippen LogP contribution in [0.4, 0.5) is 0 Å². The lowest BCUT2D eigenvalue weighted by molar-refractivity contribution is -0.146. The van der Waals surface area contributed by atoms with Gasteiger partial charge in [0.25, 0.3) is 0 Å². The van der Waals surface area contributed by atoms with E-state index in [-0.39, 0.29) is 17.6 Å². The van der Waals surface area contributed by atoms with Gasteiger partial charge in [0.2, 0.25) is 0 Å². The Balaban J connectivity index is 2.41. The summed E-state index contributed by atoms with van der Waals surface area (Å²) in [6.45, 7) is 10.1. The van der Waals surface area contributed by atoms with Crippen molar-refractivity contribution in [1.29, 1.82) is 0 Å². The molecule has 1 aliphatic rings. The van der Waals surface area contributed by atoms with Crippen molar-refractivity contribution in [2.45, 2.75) is 46.1 Å². The summed E-state index contributed by atoms with van der Waals surface area (Å²) in [5, 5.41) is 8.93. The molecule has 132 valence electrons. The molecule has 0 aliphatic carbocycles. The van der Waals surface area contributed by atoms with Gasteiger partial charge < -0.3 is 14.6 Å². The van der Waals surface area contributed by atoms with Crippen LogP contribution in [0.25, 0.3) is 0 Å². The van der Waals surface area contributed by atoms with Gasteiger partial charge in [-0.3, -0.25) is 4.90 Å². The van der Waals surface area contributed by atoms with Crippen LogP contribution >= 0.6 is 0 Å². The molecule has 1 aliphatic heterocycles. The number of unbranched alkanes of at least 4 members (excludes halogenated alkanes) is 1. The fourth-order valence-corrected chi connectivity index (χ4v) is 2.24.